The van der Waals surface area contributed by atoms with E-state index in [1.807, 2.05) is 17.0 Å². The summed E-state index contributed by atoms with van der Waals surface area (Å²) in [5.41, 5.74) is 1.01. The molecule has 0 radical (unpaired) electrons. The molecule has 1 heterocycles. The van der Waals surface area contributed by atoms with Gasteiger partial charge in [0, 0.05) is 25.6 Å². The lowest BCUT2D eigenvalue weighted by molar-refractivity contribution is -0.132. The molecule has 1 aliphatic heterocycles. The molecule has 2 aliphatic rings. The highest BCUT2D eigenvalue weighted by atomic mass is 16.5. The molecule has 0 spiro atoms. The van der Waals surface area contributed by atoms with Gasteiger partial charge in [-0.2, -0.15) is 0 Å². The van der Waals surface area contributed by atoms with E-state index in [0.717, 1.165) is 44.0 Å². The van der Waals surface area contributed by atoms with Crippen LogP contribution >= 0.6 is 0 Å². The fourth-order valence-electron chi connectivity index (χ4n) is 3.68. The van der Waals surface area contributed by atoms with Gasteiger partial charge in [-0.3, -0.25) is 4.79 Å². The van der Waals surface area contributed by atoms with Crippen LogP contribution < -0.4 is 19.5 Å². The molecule has 0 unspecified atom stereocenters. The molecule has 0 bridgehead atoms. The topological polar surface area (TPSA) is 60.0 Å². The zero-order valence-electron chi connectivity index (χ0n) is 16.8. The van der Waals surface area contributed by atoms with E-state index in [1.54, 1.807) is 21.3 Å². The van der Waals surface area contributed by atoms with Crippen LogP contribution in [0.1, 0.15) is 37.7 Å². The quantitative estimate of drug-likeness (QED) is 0.718. The summed E-state index contributed by atoms with van der Waals surface area (Å²) in [4.78, 5) is 14.6. The number of carbonyl (C=O) groups is 1. The predicted molar refractivity (Wildman–Crippen MR) is 105 cm³/mol. The van der Waals surface area contributed by atoms with Crippen molar-refractivity contribution in [2.45, 2.75) is 44.6 Å². The first-order valence-electron chi connectivity index (χ1n) is 9.94. The van der Waals surface area contributed by atoms with Gasteiger partial charge in [-0.15, -0.1) is 0 Å². The highest BCUT2D eigenvalue weighted by molar-refractivity contribution is 5.76. The van der Waals surface area contributed by atoms with E-state index in [0.29, 0.717) is 36.1 Å². The maximum absolute atomic E-state index is 12.6. The molecule has 27 heavy (non-hydrogen) atoms. The summed E-state index contributed by atoms with van der Waals surface area (Å²) >= 11 is 0. The molecule has 1 aromatic rings. The smallest absolute Gasteiger partial charge is 0.222 e. The molecule has 1 saturated heterocycles. The van der Waals surface area contributed by atoms with Gasteiger partial charge in [-0.05, 0) is 62.3 Å². The molecule has 1 aromatic carbocycles. The van der Waals surface area contributed by atoms with Crippen LogP contribution in [0.5, 0.6) is 17.2 Å². The largest absolute Gasteiger partial charge is 0.493 e. The molecule has 0 aromatic heterocycles. The van der Waals surface area contributed by atoms with E-state index in [-0.39, 0.29) is 5.91 Å². The predicted octanol–water partition coefficient (Wildman–Crippen LogP) is 2.64. The van der Waals surface area contributed by atoms with Gasteiger partial charge in [0.15, 0.2) is 11.5 Å². The third kappa shape index (κ3) is 5.28. The minimum atomic E-state index is 0.226. The molecule has 1 aliphatic carbocycles. The van der Waals surface area contributed by atoms with Gasteiger partial charge in [0.25, 0.3) is 0 Å². The Labute approximate surface area is 162 Å². The van der Waals surface area contributed by atoms with Crippen LogP contribution in [0.25, 0.3) is 0 Å². The molecule has 1 amide bonds. The lowest BCUT2D eigenvalue weighted by atomic mass is 10.0. The van der Waals surface area contributed by atoms with Crippen LogP contribution in [-0.4, -0.2) is 57.8 Å². The average molecular weight is 376 g/mol. The normalized spacial score (nSPS) is 17.7. The van der Waals surface area contributed by atoms with Crippen LogP contribution in [-0.2, 0) is 11.2 Å². The number of nitrogens with one attached hydrogen (secondary N) is 1. The summed E-state index contributed by atoms with van der Waals surface area (Å²) in [7, 11) is 4.80. The maximum atomic E-state index is 12.6. The van der Waals surface area contributed by atoms with Gasteiger partial charge < -0.3 is 24.4 Å². The molecule has 1 saturated carbocycles. The van der Waals surface area contributed by atoms with Crippen LogP contribution in [0, 0.1) is 5.92 Å². The standard InChI is InChI=1S/C21H32N2O4/c1-25-18-12-16(13-19(26-2)21(18)27-3)6-7-20(24)23-10-8-17(9-11-23)22-14-15-4-5-15/h12-13,15,17,22H,4-11,14H2,1-3H3. The fraction of sp³-hybridized carbons (Fsp3) is 0.667. The minimum absolute atomic E-state index is 0.226. The maximum Gasteiger partial charge on any atom is 0.222 e. The highest BCUT2D eigenvalue weighted by Crippen LogP contribution is 2.38. The molecule has 2 fully saturated rings. The number of amides is 1. The van der Waals surface area contributed by atoms with Crippen LogP contribution in [0.15, 0.2) is 12.1 Å². The summed E-state index contributed by atoms with van der Waals surface area (Å²) in [6.45, 7) is 2.87. The van der Waals surface area contributed by atoms with Crippen molar-refractivity contribution < 1.29 is 19.0 Å². The Balaban J connectivity index is 1.48. The molecule has 0 atom stereocenters. The number of nitrogens with zero attached hydrogens (tertiary/aromatic N) is 1. The molecule has 150 valence electrons. The van der Waals surface area contributed by atoms with Crippen molar-refractivity contribution in [1.82, 2.24) is 10.2 Å². The Bertz CT molecular complexity index is 612. The van der Waals surface area contributed by atoms with Crippen molar-refractivity contribution in [3.8, 4) is 17.2 Å². The number of benzene rings is 1. The highest BCUT2D eigenvalue weighted by Gasteiger charge is 2.26. The number of hydrogen-bond donors (Lipinski definition) is 1. The Morgan fingerprint density at radius 1 is 1.04 bits per heavy atom. The van der Waals surface area contributed by atoms with E-state index >= 15 is 0 Å². The first-order valence-corrected chi connectivity index (χ1v) is 9.94. The Morgan fingerprint density at radius 2 is 1.67 bits per heavy atom. The van der Waals surface area contributed by atoms with Crippen molar-refractivity contribution in [3.05, 3.63) is 17.7 Å². The molecule has 1 N–H and O–H groups in total. The second kappa shape index (κ2) is 9.31. The number of aryl methyl sites for hydroxylation is 1. The third-order valence-corrected chi connectivity index (χ3v) is 5.59. The van der Waals surface area contributed by atoms with Crippen LogP contribution in [0.4, 0.5) is 0 Å². The number of hydrogen-bond acceptors (Lipinski definition) is 5. The van der Waals surface area contributed by atoms with Gasteiger partial charge in [0.1, 0.15) is 0 Å². The molecular weight excluding hydrogens is 344 g/mol. The zero-order valence-corrected chi connectivity index (χ0v) is 16.8. The van der Waals surface area contributed by atoms with E-state index < -0.39 is 0 Å². The van der Waals surface area contributed by atoms with Gasteiger partial charge >= 0.3 is 0 Å². The average Bonchev–Trinajstić information content (AvgIpc) is 3.54. The van der Waals surface area contributed by atoms with Crippen molar-refractivity contribution in [1.29, 1.82) is 0 Å². The minimum Gasteiger partial charge on any atom is -0.493 e. The fourth-order valence-corrected chi connectivity index (χ4v) is 3.68. The lowest BCUT2D eigenvalue weighted by Gasteiger charge is -2.32. The molecular formula is C21H32N2O4. The summed E-state index contributed by atoms with van der Waals surface area (Å²) < 4.78 is 16.1. The van der Waals surface area contributed by atoms with Crippen LogP contribution in [0.2, 0.25) is 0 Å². The Kier molecular flexibility index (Phi) is 6.83. The monoisotopic (exact) mass is 376 g/mol. The van der Waals surface area contributed by atoms with Crippen molar-refractivity contribution >= 4 is 5.91 Å². The number of likely N-dealkylation sites (tertiary alicyclic amines) is 1. The molecule has 6 heteroatoms. The molecule has 3 rings (SSSR count). The van der Waals surface area contributed by atoms with Crippen molar-refractivity contribution in [2.75, 3.05) is 41.0 Å². The van der Waals surface area contributed by atoms with E-state index in [4.69, 9.17) is 14.2 Å². The van der Waals surface area contributed by atoms with Crippen LogP contribution in [0.3, 0.4) is 0 Å². The number of piperidine rings is 1. The van der Waals surface area contributed by atoms with Crippen molar-refractivity contribution in [3.63, 3.8) is 0 Å². The van der Waals surface area contributed by atoms with Gasteiger partial charge in [-0.25, -0.2) is 0 Å². The number of methoxy groups -OCH3 is 3. The first kappa shape index (κ1) is 19.8. The van der Waals surface area contributed by atoms with Gasteiger partial charge in [-0.1, -0.05) is 0 Å². The van der Waals surface area contributed by atoms with Gasteiger partial charge in [0.2, 0.25) is 11.7 Å². The van der Waals surface area contributed by atoms with Gasteiger partial charge in [0.05, 0.1) is 21.3 Å². The zero-order chi connectivity index (χ0) is 19.2. The SMILES string of the molecule is COc1cc(CCC(=O)N2CCC(NCC3CC3)CC2)cc(OC)c1OC. The number of rotatable bonds is 9. The Morgan fingerprint density at radius 3 is 2.19 bits per heavy atom. The first-order chi connectivity index (χ1) is 13.1. The second-order valence-corrected chi connectivity index (χ2v) is 7.54. The van der Waals surface area contributed by atoms with E-state index in [1.165, 1.54) is 12.8 Å². The lowest BCUT2D eigenvalue weighted by Crippen LogP contribution is -2.45. The number of ether oxygens (including phenoxy) is 3. The molecule has 6 nitrogen and oxygen atoms in total. The Hall–Kier alpha value is -1.95. The second-order valence-electron chi connectivity index (χ2n) is 7.54. The summed E-state index contributed by atoms with van der Waals surface area (Å²) in [6.07, 6.45) is 6.04. The number of carbonyl (C=O) groups excluding carboxylic acids is 1. The summed E-state index contributed by atoms with van der Waals surface area (Å²) in [5.74, 6) is 2.96. The third-order valence-electron chi connectivity index (χ3n) is 5.59. The van der Waals surface area contributed by atoms with Crippen molar-refractivity contribution in [2.24, 2.45) is 5.92 Å². The summed E-state index contributed by atoms with van der Waals surface area (Å²) in [6, 6.07) is 4.41. The van der Waals surface area contributed by atoms with E-state index in [2.05, 4.69) is 5.32 Å². The summed E-state index contributed by atoms with van der Waals surface area (Å²) in [5, 5.41) is 3.66. The van der Waals surface area contributed by atoms with E-state index in [9.17, 15) is 4.79 Å².